The number of nitrogens with one attached hydrogen (secondary N) is 1. The van der Waals surface area contributed by atoms with E-state index in [9.17, 15) is 9.90 Å². The monoisotopic (exact) mass is 421 g/mol. The molecule has 0 bridgehead atoms. The van der Waals surface area contributed by atoms with Crippen molar-refractivity contribution in [1.82, 2.24) is 5.32 Å². The molecule has 1 aliphatic heterocycles. The van der Waals surface area contributed by atoms with Crippen LogP contribution in [-0.2, 0) is 11.3 Å². The van der Waals surface area contributed by atoms with Gasteiger partial charge in [0.1, 0.15) is 0 Å². The van der Waals surface area contributed by atoms with Crippen LogP contribution in [0.4, 0.5) is 0 Å². The molecule has 2 atom stereocenters. The van der Waals surface area contributed by atoms with Crippen LogP contribution in [0, 0.1) is 0 Å². The van der Waals surface area contributed by atoms with E-state index in [1.54, 1.807) is 12.1 Å². The maximum Gasteiger partial charge on any atom is 0.336 e. The van der Waals surface area contributed by atoms with Crippen LogP contribution in [0.2, 0.25) is 5.02 Å². The topological polar surface area (TPSA) is 58.6 Å². The highest BCUT2D eigenvalue weighted by molar-refractivity contribution is 6.30. The van der Waals surface area contributed by atoms with Gasteiger partial charge in [-0.3, -0.25) is 0 Å². The summed E-state index contributed by atoms with van der Waals surface area (Å²) in [6.45, 7) is 2.31. The minimum Gasteiger partial charge on any atom is -0.478 e. The highest BCUT2D eigenvalue weighted by Crippen LogP contribution is 2.30. The number of carboxylic acids is 1. The first-order valence-electron chi connectivity index (χ1n) is 10.1. The largest absolute Gasteiger partial charge is 0.478 e. The fraction of sp³-hybridized carbons (Fsp3) is 0.240. The van der Waals surface area contributed by atoms with Gasteiger partial charge in [-0.2, -0.15) is 0 Å². The SMILES string of the molecule is O=C(O)c1ccccc1-c1ccc(COC2CNCCC2c2ccc(Cl)cc2)cc1. The summed E-state index contributed by atoms with van der Waals surface area (Å²) in [5, 5.41) is 13.6. The van der Waals surface area contributed by atoms with Gasteiger partial charge in [-0.1, -0.05) is 66.2 Å². The third kappa shape index (κ3) is 4.73. The van der Waals surface area contributed by atoms with Crippen molar-refractivity contribution < 1.29 is 14.6 Å². The Bertz CT molecular complexity index is 1000. The predicted octanol–water partition coefficient (Wildman–Crippen LogP) is 5.37. The van der Waals surface area contributed by atoms with Crippen molar-refractivity contribution in [3.8, 4) is 11.1 Å². The number of halogens is 1. The molecule has 1 fully saturated rings. The van der Waals surface area contributed by atoms with Crippen LogP contribution < -0.4 is 5.32 Å². The molecule has 4 nitrogen and oxygen atoms in total. The van der Waals surface area contributed by atoms with E-state index >= 15 is 0 Å². The maximum atomic E-state index is 11.5. The Morgan fingerprint density at radius 2 is 1.77 bits per heavy atom. The molecule has 0 radical (unpaired) electrons. The average Bonchev–Trinajstić information content (AvgIpc) is 2.79. The molecular formula is C25H24ClNO3. The van der Waals surface area contributed by atoms with E-state index in [-0.39, 0.29) is 6.10 Å². The Kier molecular flexibility index (Phi) is 6.48. The highest BCUT2D eigenvalue weighted by Gasteiger charge is 2.27. The van der Waals surface area contributed by atoms with Crippen molar-refractivity contribution in [1.29, 1.82) is 0 Å². The van der Waals surface area contributed by atoms with E-state index < -0.39 is 5.97 Å². The number of benzene rings is 3. The lowest BCUT2D eigenvalue weighted by atomic mass is 9.88. The minimum atomic E-state index is -0.920. The Morgan fingerprint density at radius 1 is 1.03 bits per heavy atom. The van der Waals surface area contributed by atoms with Gasteiger partial charge in [0.2, 0.25) is 0 Å². The van der Waals surface area contributed by atoms with E-state index in [1.165, 1.54) is 5.56 Å². The number of piperidine rings is 1. The quantitative estimate of drug-likeness (QED) is 0.562. The Balaban J connectivity index is 1.44. The molecule has 3 aromatic rings. The second-order valence-corrected chi connectivity index (χ2v) is 7.98. The fourth-order valence-electron chi connectivity index (χ4n) is 4.00. The first-order chi connectivity index (χ1) is 14.6. The van der Waals surface area contributed by atoms with Crippen LogP contribution in [0.3, 0.4) is 0 Å². The molecule has 4 rings (SSSR count). The summed E-state index contributed by atoms with van der Waals surface area (Å²) in [6.07, 6.45) is 1.12. The van der Waals surface area contributed by atoms with Crippen LogP contribution in [0.25, 0.3) is 11.1 Å². The van der Waals surface area contributed by atoms with E-state index in [0.29, 0.717) is 18.1 Å². The number of carboxylic acid groups (broad SMARTS) is 1. The molecule has 30 heavy (non-hydrogen) atoms. The first-order valence-corrected chi connectivity index (χ1v) is 10.5. The van der Waals surface area contributed by atoms with Crippen molar-refractivity contribution in [3.63, 3.8) is 0 Å². The smallest absolute Gasteiger partial charge is 0.336 e. The zero-order chi connectivity index (χ0) is 20.9. The van der Waals surface area contributed by atoms with Crippen molar-refractivity contribution in [2.75, 3.05) is 13.1 Å². The van der Waals surface area contributed by atoms with Crippen molar-refractivity contribution in [3.05, 3.63) is 94.5 Å². The third-order valence-electron chi connectivity index (χ3n) is 5.61. The Labute approximate surface area is 181 Å². The van der Waals surface area contributed by atoms with E-state index in [4.69, 9.17) is 16.3 Å². The summed E-state index contributed by atoms with van der Waals surface area (Å²) >= 11 is 6.04. The van der Waals surface area contributed by atoms with Crippen molar-refractivity contribution in [2.45, 2.75) is 25.0 Å². The van der Waals surface area contributed by atoms with Gasteiger partial charge in [0, 0.05) is 17.5 Å². The van der Waals surface area contributed by atoms with Gasteiger partial charge in [0.25, 0.3) is 0 Å². The number of carbonyl (C=O) groups is 1. The lowest BCUT2D eigenvalue weighted by Crippen LogP contribution is -2.40. The fourth-order valence-corrected chi connectivity index (χ4v) is 4.13. The molecule has 0 amide bonds. The maximum absolute atomic E-state index is 11.5. The molecule has 0 spiro atoms. The lowest BCUT2D eigenvalue weighted by molar-refractivity contribution is 0.0106. The summed E-state index contributed by atoms with van der Waals surface area (Å²) in [5.74, 6) is -0.582. The number of hydrogen-bond donors (Lipinski definition) is 2. The zero-order valence-electron chi connectivity index (χ0n) is 16.6. The van der Waals surface area contributed by atoms with Crippen LogP contribution in [0.1, 0.15) is 33.8 Å². The Hall–Kier alpha value is -2.66. The molecule has 1 heterocycles. The molecule has 5 heteroatoms. The molecule has 1 saturated heterocycles. The lowest BCUT2D eigenvalue weighted by Gasteiger charge is -2.32. The average molecular weight is 422 g/mol. The number of aromatic carboxylic acids is 1. The van der Waals surface area contributed by atoms with Crippen molar-refractivity contribution in [2.24, 2.45) is 0 Å². The predicted molar refractivity (Wildman–Crippen MR) is 119 cm³/mol. The normalized spacial score (nSPS) is 18.8. The van der Waals surface area contributed by atoms with Gasteiger partial charge in [-0.25, -0.2) is 4.79 Å². The number of rotatable bonds is 6. The van der Waals surface area contributed by atoms with Gasteiger partial charge in [0.15, 0.2) is 0 Å². The van der Waals surface area contributed by atoms with Gasteiger partial charge in [-0.05, 0) is 53.4 Å². The van der Waals surface area contributed by atoms with Crippen LogP contribution in [0.5, 0.6) is 0 Å². The molecule has 0 aliphatic carbocycles. The van der Waals surface area contributed by atoms with Gasteiger partial charge >= 0.3 is 5.97 Å². The van der Waals surface area contributed by atoms with Gasteiger partial charge in [0.05, 0.1) is 18.3 Å². The first kappa shape index (κ1) is 20.6. The van der Waals surface area contributed by atoms with Gasteiger partial charge < -0.3 is 15.2 Å². The van der Waals surface area contributed by atoms with Crippen molar-refractivity contribution >= 4 is 17.6 Å². The van der Waals surface area contributed by atoms with Crippen LogP contribution in [0.15, 0.2) is 72.8 Å². The molecular weight excluding hydrogens is 398 g/mol. The minimum absolute atomic E-state index is 0.0901. The number of ether oxygens (including phenoxy) is 1. The molecule has 1 aliphatic rings. The highest BCUT2D eigenvalue weighted by atomic mass is 35.5. The van der Waals surface area contributed by atoms with Crippen LogP contribution >= 0.6 is 11.6 Å². The Morgan fingerprint density at radius 3 is 2.50 bits per heavy atom. The summed E-state index contributed by atoms with van der Waals surface area (Å²) in [5.41, 5.74) is 4.23. The zero-order valence-corrected chi connectivity index (χ0v) is 17.3. The molecule has 0 saturated carbocycles. The van der Waals surface area contributed by atoms with Gasteiger partial charge in [-0.15, -0.1) is 0 Å². The second-order valence-electron chi connectivity index (χ2n) is 7.55. The molecule has 2 unspecified atom stereocenters. The standard InChI is InChI=1S/C25H24ClNO3/c26-20-11-9-19(10-12-20)22-13-14-27-15-24(22)30-16-17-5-7-18(8-6-17)21-3-1-2-4-23(21)25(28)29/h1-12,22,24,27H,13-16H2,(H,28,29). The molecule has 3 aromatic carbocycles. The number of hydrogen-bond acceptors (Lipinski definition) is 3. The summed E-state index contributed by atoms with van der Waals surface area (Å²) in [7, 11) is 0. The molecule has 0 aromatic heterocycles. The van der Waals surface area contributed by atoms with E-state index in [1.807, 2.05) is 48.5 Å². The summed E-state index contributed by atoms with van der Waals surface area (Å²) < 4.78 is 6.28. The summed E-state index contributed by atoms with van der Waals surface area (Å²) in [4.78, 5) is 11.5. The molecule has 2 N–H and O–H groups in total. The second kappa shape index (κ2) is 9.43. The third-order valence-corrected chi connectivity index (χ3v) is 5.86. The molecule has 154 valence electrons. The van der Waals surface area contributed by atoms with Crippen LogP contribution in [-0.4, -0.2) is 30.3 Å². The summed E-state index contributed by atoms with van der Waals surface area (Å²) in [6, 6.07) is 23.0. The van der Waals surface area contributed by atoms with E-state index in [2.05, 4.69) is 17.4 Å². The van der Waals surface area contributed by atoms with E-state index in [0.717, 1.165) is 41.2 Å².